The van der Waals surface area contributed by atoms with Gasteiger partial charge in [0.05, 0.1) is 16.6 Å². The zero-order valence-corrected chi connectivity index (χ0v) is 31.6. The van der Waals surface area contributed by atoms with E-state index in [2.05, 4.69) is 108 Å². The Morgan fingerprint density at radius 3 is 1.78 bits per heavy atom. The highest BCUT2D eigenvalue weighted by Gasteiger charge is 2.22. The molecule has 0 radical (unpaired) electrons. The van der Waals surface area contributed by atoms with Gasteiger partial charge in [0.15, 0.2) is 23.3 Å². The molecular formula is C51H28N6S. The predicted molar refractivity (Wildman–Crippen MR) is 240 cm³/mol. The molecule has 58 heavy (non-hydrogen) atoms. The highest BCUT2D eigenvalue weighted by molar-refractivity contribution is 7.25. The molecule has 268 valence electrons. The second kappa shape index (κ2) is 11.9. The molecule has 0 saturated heterocycles. The lowest BCUT2D eigenvalue weighted by molar-refractivity contribution is 1.07. The number of pyridine rings is 1. The van der Waals surface area contributed by atoms with E-state index in [1.54, 1.807) is 11.3 Å². The van der Waals surface area contributed by atoms with Crippen molar-refractivity contribution in [2.45, 2.75) is 0 Å². The number of nitrogens with zero attached hydrogens (tertiary/aromatic N) is 6. The molecule has 13 aromatic rings. The molecule has 6 nitrogen and oxygen atoms in total. The first kappa shape index (κ1) is 31.6. The first-order valence-corrected chi connectivity index (χ1v) is 20.1. The lowest BCUT2D eigenvalue weighted by atomic mass is 9.95. The van der Waals surface area contributed by atoms with Gasteiger partial charge in [-0.25, -0.2) is 24.9 Å². The molecular weight excluding hydrogens is 729 g/mol. The van der Waals surface area contributed by atoms with E-state index in [9.17, 15) is 0 Å². The first-order valence-electron chi connectivity index (χ1n) is 19.3. The molecule has 0 unspecified atom stereocenters. The minimum Gasteiger partial charge on any atom is -0.308 e. The molecule has 0 saturated carbocycles. The highest BCUT2D eigenvalue weighted by Crippen LogP contribution is 2.45. The fourth-order valence-electron chi connectivity index (χ4n) is 8.99. The molecule has 0 aliphatic heterocycles. The Balaban J connectivity index is 1.08. The minimum atomic E-state index is 0.632. The number of para-hydroxylation sites is 1. The Morgan fingerprint density at radius 2 is 1.02 bits per heavy atom. The Kier molecular flexibility index (Phi) is 6.50. The van der Waals surface area contributed by atoms with Crippen molar-refractivity contribution < 1.29 is 0 Å². The summed E-state index contributed by atoms with van der Waals surface area (Å²) in [4.78, 5) is 26.5. The molecule has 0 aliphatic rings. The van der Waals surface area contributed by atoms with Crippen LogP contribution in [0.1, 0.15) is 0 Å². The fourth-order valence-corrected chi connectivity index (χ4v) is 10.1. The number of benzene rings is 8. The Hall–Kier alpha value is -7.61. The van der Waals surface area contributed by atoms with Crippen molar-refractivity contribution in [1.82, 2.24) is 29.3 Å². The molecule has 0 bridgehead atoms. The molecule has 7 heteroatoms. The van der Waals surface area contributed by atoms with Crippen molar-refractivity contribution in [2.75, 3.05) is 0 Å². The van der Waals surface area contributed by atoms with Crippen LogP contribution in [0.5, 0.6) is 0 Å². The second-order valence-electron chi connectivity index (χ2n) is 14.9. The average Bonchev–Trinajstić information content (AvgIpc) is 3.82. The van der Waals surface area contributed by atoms with E-state index in [1.807, 2.05) is 66.9 Å². The summed E-state index contributed by atoms with van der Waals surface area (Å²) in [7, 11) is 0. The number of hydrogen-bond acceptors (Lipinski definition) is 6. The van der Waals surface area contributed by atoms with Crippen LogP contribution in [0.3, 0.4) is 0 Å². The monoisotopic (exact) mass is 756 g/mol. The van der Waals surface area contributed by atoms with E-state index in [1.165, 1.54) is 37.1 Å². The van der Waals surface area contributed by atoms with E-state index in [0.717, 1.165) is 70.9 Å². The van der Waals surface area contributed by atoms with Gasteiger partial charge in [0.2, 0.25) is 0 Å². The van der Waals surface area contributed by atoms with Crippen molar-refractivity contribution in [2.24, 2.45) is 0 Å². The van der Waals surface area contributed by atoms with E-state index >= 15 is 0 Å². The number of rotatable bonds is 4. The second-order valence-corrected chi connectivity index (χ2v) is 15.9. The van der Waals surface area contributed by atoms with Crippen LogP contribution in [0.25, 0.3) is 125 Å². The summed E-state index contributed by atoms with van der Waals surface area (Å²) in [6, 6.07) is 57.6. The molecule has 8 aromatic carbocycles. The molecule has 0 N–H and O–H groups in total. The summed E-state index contributed by atoms with van der Waals surface area (Å²) in [5.74, 6) is 2.64. The number of thiophene rings is 1. The van der Waals surface area contributed by atoms with Gasteiger partial charge in [0.1, 0.15) is 4.83 Å². The van der Waals surface area contributed by atoms with Crippen LogP contribution in [0.4, 0.5) is 0 Å². The zero-order chi connectivity index (χ0) is 37.9. The summed E-state index contributed by atoms with van der Waals surface area (Å²) >= 11 is 1.73. The summed E-state index contributed by atoms with van der Waals surface area (Å²) < 4.78 is 3.65. The molecule has 0 atom stereocenters. The maximum atomic E-state index is 5.25. The molecule has 0 aliphatic carbocycles. The van der Waals surface area contributed by atoms with Crippen molar-refractivity contribution in [1.29, 1.82) is 0 Å². The fraction of sp³-hybridized carbons (Fsp3) is 0. The largest absolute Gasteiger partial charge is 0.308 e. The van der Waals surface area contributed by atoms with E-state index in [0.29, 0.717) is 17.5 Å². The van der Waals surface area contributed by atoms with Crippen molar-refractivity contribution in [3.63, 3.8) is 0 Å². The normalized spacial score (nSPS) is 12.1. The lowest BCUT2D eigenvalue weighted by Gasteiger charge is -2.16. The predicted octanol–water partition coefficient (Wildman–Crippen LogP) is 13.2. The van der Waals surface area contributed by atoms with Gasteiger partial charge in [-0.1, -0.05) is 121 Å². The quantitative estimate of drug-likeness (QED) is 0.132. The number of hydrogen-bond donors (Lipinski definition) is 0. The van der Waals surface area contributed by atoms with E-state index in [-0.39, 0.29) is 0 Å². The number of aromatic nitrogens is 6. The highest BCUT2D eigenvalue weighted by atomic mass is 32.1. The van der Waals surface area contributed by atoms with Gasteiger partial charge in [0.25, 0.3) is 0 Å². The van der Waals surface area contributed by atoms with Crippen LogP contribution < -0.4 is 0 Å². The third-order valence-electron chi connectivity index (χ3n) is 11.6. The van der Waals surface area contributed by atoms with Crippen LogP contribution >= 0.6 is 11.3 Å². The van der Waals surface area contributed by atoms with Crippen LogP contribution in [0, 0.1) is 0 Å². The third kappa shape index (κ3) is 4.56. The van der Waals surface area contributed by atoms with E-state index in [4.69, 9.17) is 24.9 Å². The summed E-state index contributed by atoms with van der Waals surface area (Å²) in [5, 5.41) is 11.7. The first-order chi connectivity index (χ1) is 28.7. The summed E-state index contributed by atoms with van der Waals surface area (Å²) in [5.41, 5.74) is 7.30. The Labute approximate surface area is 334 Å². The minimum absolute atomic E-state index is 0.632. The average molecular weight is 757 g/mol. The maximum Gasteiger partial charge on any atom is 0.164 e. The Morgan fingerprint density at radius 1 is 0.397 bits per heavy atom. The van der Waals surface area contributed by atoms with Crippen molar-refractivity contribution in [3.05, 3.63) is 170 Å². The third-order valence-corrected chi connectivity index (χ3v) is 12.7. The van der Waals surface area contributed by atoms with Crippen LogP contribution in [-0.2, 0) is 0 Å². The van der Waals surface area contributed by atoms with Gasteiger partial charge in [-0.3, -0.25) is 0 Å². The van der Waals surface area contributed by atoms with Crippen molar-refractivity contribution >= 4 is 91.3 Å². The standard InChI is InChI=1S/C51H28N6S/c1-3-12-29(13-4-1)47-53-48(30-14-5-2-6-15-30)55-49(54-47)33-25-39-34-18-9-10-21-42(34)57-43-23-22-37(35-19-11-20-36(45(35)43)40(26-33)46(39)57)50-52-28-41-38-24-31-16-7-8-17-32(31)27-44(38)58-51(41)56-50/h1-28H. The maximum absolute atomic E-state index is 5.25. The molecule has 0 fully saturated rings. The zero-order valence-electron chi connectivity index (χ0n) is 30.8. The van der Waals surface area contributed by atoms with Gasteiger partial charge in [-0.2, -0.15) is 0 Å². The van der Waals surface area contributed by atoms with E-state index < -0.39 is 0 Å². The SMILES string of the molecule is c1ccc(-c2nc(-c3ccccc3)nc(-c3cc4c5cccc6c(-c7ncc8c(n7)sc7cc9ccccc9cc78)ccc(c65)n5c6ccccc6c(c3)c45)n2)cc1. The van der Waals surface area contributed by atoms with Gasteiger partial charge < -0.3 is 4.40 Å². The molecule has 5 heterocycles. The topological polar surface area (TPSA) is 68.9 Å². The van der Waals surface area contributed by atoms with Crippen LogP contribution in [0.15, 0.2) is 170 Å². The lowest BCUT2D eigenvalue weighted by Crippen LogP contribution is -2.00. The molecule has 13 rings (SSSR count). The van der Waals surface area contributed by atoms with Crippen molar-refractivity contribution in [3.8, 4) is 45.6 Å². The summed E-state index contributed by atoms with van der Waals surface area (Å²) in [6.45, 7) is 0. The van der Waals surface area contributed by atoms with Gasteiger partial charge >= 0.3 is 0 Å². The smallest absolute Gasteiger partial charge is 0.164 e. The van der Waals surface area contributed by atoms with Crippen LogP contribution in [0.2, 0.25) is 0 Å². The number of fused-ring (bicyclic) bond motifs is 9. The molecule has 0 spiro atoms. The van der Waals surface area contributed by atoms with Gasteiger partial charge in [0, 0.05) is 65.5 Å². The molecule has 0 amide bonds. The van der Waals surface area contributed by atoms with Crippen LogP contribution in [-0.4, -0.2) is 29.3 Å². The summed E-state index contributed by atoms with van der Waals surface area (Å²) in [6.07, 6.45) is 2.01. The van der Waals surface area contributed by atoms with Gasteiger partial charge in [-0.05, 0) is 64.0 Å². The van der Waals surface area contributed by atoms with Gasteiger partial charge in [-0.15, -0.1) is 11.3 Å². The molecule has 5 aromatic heterocycles. The Bertz CT molecular complexity index is 3740.